The van der Waals surface area contributed by atoms with Crippen molar-refractivity contribution in [1.29, 1.82) is 0 Å². The van der Waals surface area contributed by atoms with Crippen LogP contribution in [0.15, 0.2) is 0 Å². The Bertz CT molecular complexity index is 410. The van der Waals surface area contributed by atoms with Gasteiger partial charge in [-0.3, -0.25) is 0 Å². The van der Waals surface area contributed by atoms with Gasteiger partial charge in [0.25, 0.3) is 10.2 Å². The molecule has 2 aliphatic heterocycles. The number of hydrazine groups is 1. The minimum atomic E-state index is -3.47. The second-order valence-corrected chi connectivity index (χ2v) is 7.62. The molecule has 1 unspecified atom stereocenters. The molecular formula is C13H28N4O3S. The zero-order valence-corrected chi connectivity index (χ0v) is 13.9. The number of nitrogens with zero attached hydrogens (tertiary/aromatic N) is 2. The van der Waals surface area contributed by atoms with Gasteiger partial charge in [0.1, 0.15) is 0 Å². The first-order valence-corrected chi connectivity index (χ1v) is 9.28. The number of morpholine rings is 1. The van der Waals surface area contributed by atoms with Gasteiger partial charge in [-0.05, 0) is 12.8 Å². The molecule has 0 bridgehead atoms. The molecule has 0 aromatic carbocycles. The molecule has 0 spiro atoms. The van der Waals surface area contributed by atoms with Gasteiger partial charge in [-0.2, -0.15) is 12.7 Å². The van der Waals surface area contributed by atoms with Crippen LogP contribution in [0, 0.1) is 0 Å². The van der Waals surface area contributed by atoms with E-state index in [1.165, 1.54) is 0 Å². The molecule has 0 saturated carbocycles. The van der Waals surface area contributed by atoms with E-state index in [-0.39, 0.29) is 6.04 Å². The summed E-state index contributed by atoms with van der Waals surface area (Å²) in [6.45, 7) is 7.80. The molecule has 0 aliphatic carbocycles. The van der Waals surface area contributed by atoms with Crippen molar-refractivity contribution in [2.24, 2.45) is 0 Å². The molecule has 1 atom stereocenters. The molecule has 2 N–H and O–H groups in total. The summed E-state index contributed by atoms with van der Waals surface area (Å²) >= 11 is 0. The van der Waals surface area contributed by atoms with E-state index >= 15 is 0 Å². The van der Waals surface area contributed by atoms with Crippen LogP contribution in [-0.2, 0) is 14.9 Å². The first-order valence-electron chi connectivity index (χ1n) is 7.84. The van der Waals surface area contributed by atoms with Crippen molar-refractivity contribution in [1.82, 2.24) is 19.5 Å². The molecule has 2 rings (SSSR count). The Morgan fingerprint density at radius 2 is 1.90 bits per heavy atom. The Kier molecular flexibility index (Phi) is 6.39. The van der Waals surface area contributed by atoms with Crippen LogP contribution in [0.3, 0.4) is 0 Å². The predicted octanol–water partition coefficient (Wildman–Crippen LogP) is -0.0795. The lowest BCUT2D eigenvalue weighted by Gasteiger charge is -2.37. The normalized spacial score (nSPS) is 26.3. The Labute approximate surface area is 128 Å². The van der Waals surface area contributed by atoms with Crippen LogP contribution in [0.25, 0.3) is 0 Å². The van der Waals surface area contributed by atoms with Crippen LogP contribution >= 0.6 is 0 Å². The molecule has 124 valence electrons. The zero-order valence-electron chi connectivity index (χ0n) is 13.0. The summed E-state index contributed by atoms with van der Waals surface area (Å²) in [6.07, 6.45) is 2.94. The van der Waals surface area contributed by atoms with E-state index in [2.05, 4.69) is 24.0 Å². The van der Waals surface area contributed by atoms with Crippen LogP contribution in [0.2, 0.25) is 0 Å². The fourth-order valence-corrected chi connectivity index (χ4v) is 4.29. The Morgan fingerprint density at radius 3 is 2.57 bits per heavy atom. The van der Waals surface area contributed by atoms with Crippen LogP contribution in [0.4, 0.5) is 0 Å². The summed E-state index contributed by atoms with van der Waals surface area (Å²) in [5.74, 6) is 0. The highest BCUT2D eigenvalue weighted by Crippen LogP contribution is 2.19. The Hall–Kier alpha value is -0.250. The topological polar surface area (TPSA) is 73.9 Å². The maximum atomic E-state index is 12.6. The van der Waals surface area contributed by atoms with E-state index in [0.717, 1.165) is 19.3 Å². The summed E-state index contributed by atoms with van der Waals surface area (Å²) in [4.78, 5) is 2.71. The molecule has 8 heteroatoms. The monoisotopic (exact) mass is 320 g/mol. The fraction of sp³-hybridized carbons (Fsp3) is 1.00. The van der Waals surface area contributed by atoms with Crippen molar-refractivity contribution >= 4 is 10.2 Å². The van der Waals surface area contributed by atoms with Gasteiger partial charge in [-0.1, -0.05) is 20.3 Å². The van der Waals surface area contributed by atoms with Gasteiger partial charge >= 0.3 is 0 Å². The van der Waals surface area contributed by atoms with Crippen LogP contribution in [0.5, 0.6) is 0 Å². The van der Waals surface area contributed by atoms with E-state index < -0.39 is 10.2 Å². The smallest absolute Gasteiger partial charge is 0.292 e. The van der Waals surface area contributed by atoms with E-state index in [1.807, 2.05) is 0 Å². The molecule has 0 aromatic heterocycles. The van der Waals surface area contributed by atoms with Gasteiger partial charge in [-0.25, -0.2) is 5.01 Å². The van der Waals surface area contributed by atoms with Crippen molar-refractivity contribution < 1.29 is 13.2 Å². The number of piperidine rings is 1. The van der Waals surface area contributed by atoms with Crippen molar-refractivity contribution in [3.05, 3.63) is 0 Å². The second kappa shape index (κ2) is 7.85. The molecule has 2 fully saturated rings. The summed E-state index contributed by atoms with van der Waals surface area (Å²) in [6, 6.07) is 0.406. The lowest BCUT2D eigenvalue weighted by atomic mass is 10.0. The number of hydrogen-bond donors (Lipinski definition) is 2. The molecule has 2 saturated heterocycles. The van der Waals surface area contributed by atoms with E-state index in [1.54, 1.807) is 9.31 Å². The highest BCUT2D eigenvalue weighted by molar-refractivity contribution is 7.87. The van der Waals surface area contributed by atoms with Gasteiger partial charge in [0.2, 0.25) is 0 Å². The van der Waals surface area contributed by atoms with Crippen molar-refractivity contribution in [2.45, 2.75) is 45.2 Å². The van der Waals surface area contributed by atoms with Gasteiger partial charge < -0.3 is 10.1 Å². The summed E-state index contributed by atoms with van der Waals surface area (Å²) < 4.78 is 32.1. The van der Waals surface area contributed by atoms with Crippen LogP contribution in [0.1, 0.15) is 33.1 Å². The Balaban J connectivity index is 1.97. The van der Waals surface area contributed by atoms with Gasteiger partial charge in [0, 0.05) is 38.3 Å². The molecule has 0 radical (unpaired) electrons. The largest absolute Gasteiger partial charge is 0.379 e. The standard InChI is InChI=1S/C13H28N4O3S/c1-12(2)14-11-13-5-3-4-6-17(13)21(18,19)15-16-7-9-20-10-8-16/h12-15H,3-11H2,1-2H3. The second-order valence-electron chi connectivity index (χ2n) is 6.02. The molecule has 0 amide bonds. The highest BCUT2D eigenvalue weighted by Gasteiger charge is 2.33. The van der Waals surface area contributed by atoms with Crippen LogP contribution in [-0.4, -0.2) is 69.2 Å². The zero-order chi connectivity index (χ0) is 15.3. The average molecular weight is 320 g/mol. The van der Waals surface area contributed by atoms with Crippen molar-refractivity contribution in [3.8, 4) is 0 Å². The summed E-state index contributed by atoms with van der Waals surface area (Å²) in [5, 5.41) is 5.09. The third kappa shape index (κ3) is 5.15. The summed E-state index contributed by atoms with van der Waals surface area (Å²) in [5.41, 5.74) is 0. The van der Waals surface area contributed by atoms with Gasteiger partial charge in [-0.15, -0.1) is 4.83 Å². The lowest BCUT2D eigenvalue weighted by molar-refractivity contribution is 0.0255. The minimum absolute atomic E-state index is 0.0414. The first-order chi connectivity index (χ1) is 9.99. The maximum absolute atomic E-state index is 12.6. The van der Waals surface area contributed by atoms with Crippen molar-refractivity contribution in [3.63, 3.8) is 0 Å². The van der Waals surface area contributed by atoms with Crippen LogP contribution < -0.4 is 10.1 Å². The third-order valence-electron chi connectivity index (χ3n) is 3.90. The van der Waals surface area contributed by atoms with E-state index in [9.17, 15) is 8.42 Å². The molecule has 7 nitrogen and oxygen atoms in total. The lowest BCUT2D eigenvalue weighted by Crippen LogP contribution is -2.58. The Morgan fingerprint density at radius 1 is 1.19 bits per heavy atom. The van der Waals surface area contributed by atoms with E-state index in [4.69, 9.17) is 4.74 Å². The number of hydrogen-bond acceptors (Lipinski definition) is 5. The SMILES string of the molecule is CC(C)NCC1CCCCN1S(=O)(=O)NN1CCOCC1. The molecule has 2 aliphatic rings. The molecular weight excluding hydrogens is 292 g/mol. The molecule has 0 aromatic rings. The van der Waals surface area contributed by atoms with Gasteiger partial charge in [0.15, 0.2) is 0 Å². The minimum Gasteiger partial charge on any atom is -0.379 e. The fourth-order valence-electron chi connectivity index (χ4n) is 2.74. The third-order valence-corrected chi connectivity index (χ3v) is 5.49. The van der Waals surface area contributed by atoms with Crippen molar-refractivity contribution in [2.75, 3.05) is 39.4 Å². The first kappa shape index (κ1) is 17.1. The highest BCUT2D eigenvalue weighted by atomic mass is 32.2. The number of rotatable bonds is 6. The number of ether oxygens (including phenoxy) is 1. The molecule has 2 heterocycles. The predicted molar refractivity (Wildman–Crippen MR) is 81.9 cm³/mol. The number of nitrogens with one attached hydrogen (secondary N) is 2. The maximum Gasteiger partial charge on any atom is 0.292 e. The molecule has 21 heavy (non-hydrogen) atoms. The quantitative estimate of drug-likeness (QED) is 0.716. The van der Waals surface area contributed by atoms with E-state index in [0.29, 0.717) is 45.4 Å². The summed E-state index contributed by atoms with van der Waals surface area (Å²) in [7, 11) is -3.47. The van der Waals surface area contributed by atoms with Gasteiger partial charge in [0.05, 0.1) is 13.2 Å². The average Bonchev–Trinajstić information content (AvgIpc) is 2.46.